The molecule has 0 aromatic rings. The first-order chi connectivity index (χ1) is 9.74. The summed E-state index contributed by atoms with van der Waals surface area (Å²) in [6, 6.07) is 0. The molecule has 0 heterocycles. The molecule has 1 atom stereocenters. The molecule has 0 unspecified atom stereocenters. The summed E-state index contributed by atoms with van der Waals surface area (Å²) in [6.45, 7) is 2.37. The SMILES string of the molecule is CCCCCCC(=O)O[C@H](COC(C)=O)COP(=O)(O)O. The number of hydrogen-bond donors (Lipinski definition) is 2. The van der Waals surface area contributed by atoms with Gasteiger partial charge in [-0.3, -0.25) is 14.1 Å². The largest absolute Gasteiger partial charge is 0.469 e. The summed E-state index contributed by atoms with van der Waals surface area (Å²) < 4.78 is 24.5. The third-order valence-electron chi connectivity index (χ3n) is 2.43. The molecule has 0 aliphatic heterocycles. The highest BCUT2D eigenvalue weighted by molar-refractivity contribution is 7.46. The van der Waals surface area contributed by atoms with E-state index in [1.165, 1.54) is 6.92 Å². The van der Waals surface area contributed by atoms with E-state index < -0.39 is 32.5 Å². The molecule has 0 aromatic heterocycles. The Morgan fingerprint density at radius 3 is 2.33 bits per heavy atom. The minimum Gasteiger partial charge on any atom is -0.462 e. The highest BCUT2D eigenvalue weighted by atomic mass is 31.2. The second kappa shape index (κ2) is 10.7. The lowest BCUT2D eigenvalue weighted by atomic mass is 10.1. The van der Waals surface area contributed by atoms with Gasteiger partial charge >= 0.3 is 19.8 Å². The molecule has 0 rings (SSSR count). The standard InChI is InChI=1S/C12H23O8P/c1-3-4-5-6-7-12(14)20-11(8-18-10(2)13)9-19-21(15,16)17/h11H,3-9H2,1-2H3,(H2,15,16,17)/t11-/m1/s1. The van der Waals surface area contributed by atoms with Crippen molar-refractivity contribution < 1.29 is 37.9 Å². The molecule has 0 radical (unpaired) electrons. The van der Waals surface area contributed by atoms with Crippen LogP contribution in [0.2, 0.25) is 0 Å². The van der Waals surface area contributed by atoms with Gasteiger partial charge < -0.3 is 19.3 Å². The Bertz CT molecular complexity index is 364. The number of esters is 2. The van der Waals surface area contributed by atoms with Crippen LogP contribution in [0.4, 0.5) is 0 Å². The minimum atomic E-state index is -4.67. The molecule has 0 aliphatic rings. The third-order valence-corrected chi connectivity index (χ3v) is 2.92. The van der Waals surface area contributed by atoms with Crippen molar-refractivity contribution in [3.8, 4) is 0 Å². The number of carbonyl (C=O) groups is 2. The van der Waals surface area contributed by atoms with Crippen LogP contribution in [0.25, 0.3) is 0 Å². The van der Waals surface area contributed by atoms with Gasteiger partial charge in [-0.05, 0) is 6.42 Å². The maximum absolute atomic E-state index is 11.6. The first kappa shape index (κ1) is 20.1. The molecule has 9 heteroatoms. The first-order valence-corrected chi connectivity index (χ1v) is 8.30. The lowest BCUT2D eigenvalue weighted by Gasteiger charge is -2.18. The predicted octanol–water partition coefficient (Wildman–Crippen LogP) is 1.54. The van der Waals surface area contributed by atoms with E-state index in [1.54, 1.807) is 0 Å². The Balaban J connectivity index is 4.20. The number of unbranched alkanes of at least 4 members (excludes halogenated alkanes) is 3. The van der Waals surface area contributed by atoms with E-state index in [-0.39, 0.29) is 13.0 Å². The van der Waals surface area contributed by atoms with Gasteiger partial charge in [-0.1, -0.05) is 26.2 Å². The quantitative estimate of drug-likeness (QED) is 0.333. The Morgan fingerprint density at radius 2 is 1.81 bits per heavy atom. The van der Waals surface area contributed by atoms with E-state index in [0.29, 0.717) is 6.42 Å². The molecule has 0 spiro atoms. The smallest absolute Gasteiger partial charge is 0.462 e. The van der Waals surface area contributed by atoms with Crippen molar-refractivity contribution in [3.05, 3.63) is 0 Å². The highest BCUT2D eigenvalue weighted by Gasteiger charge is 2.22. The van der Waals surface area contributed by atoms with Crippen molar-refractivity contribution in [1.29, 1.82) is 0 Å². The number of phosphoric acid groups is 1. The van der Waals surface area contributed by atoms with Gasteiger partial charge in [-0.25, -0.2) is 4.57 Å². The Labute approximate surface area is 124 Å². The van der Waals surface area contributed by atoms with Crippen LogP contribution in [0.3, 0.4) is 0 Å². The summed E-state index contributed by atoms with van der Waals surface area (Å²) in [5, 5.41) is 0. The summed E-state index contributed by atoms with van der Waals surface area (Å²) in [6.07, 6.45) is 2.80. The topological polar surface area (TPSA) is 119 Å². The van der Waals surface area contributed by atoms with Crippen molar-refractivity contribution in [2.75, 3.05) is 13.2 Å². The summed E-state index contributed by atoms with van der Waals surface area (Å²) in [5.41, 5.74) is 0. The average Bonchev–Trinajstić information content (AvgIpc) is 2.37. The predicted molar refractivity (Wildman–Crippen MR) is 73.3 cm³/mol. The van der Waals surface area contributed by atoms with Gasteiger partial charge in [0.1, 0.15) is 6.61 Å². The van der Waals surface area contributed by atoms with Crippen molar-refractivity contribution in [2.45, 2.75) is 52.1 Å². The van der Waals surface area contributed by atoms with Gasteiger partial charge in [-0.15, -0.1) is 0 Å². The van der Waals surface area contributed by atoms with E-state index in [4.69, 9.17) is 14.5 Å². The van der Waals surface area contributed by atoms with Crippen LogP contribution in [0.15, 0.2) is 0 Å². The Morgan fingerprint density at radius 1 is 1.14 bits per heavy atom. The van der Waals surface area contributed by atoms with Gasteiger partial charge in [0.25, 0.3) is 0 Å². The monoisotopic (exact) mass is 326 g/mol. The molecule has 2 N–H and O–H groups in total. The van der Waals surface area contributed by atoms with E-state index in [1.807, 2.05) is 6.92 Å². The summed E-state index contributed by atoms with van der Waals surface area (Å²) in [5.74, 6) is -1.10. The maximum Gasteiger partial charge on any atom is 0.469 e. The van der Waals surface area contributed by atoms with Crippen molar-refractivity contribution in [2.24, 2.45) is 0 Å². The van der Waals surface area contributed by atoms with Crippen LogP contribution in [0.1, 0.15) is 46.0 Å². The van der Waals surface area contributed by atoms with Gasteiger partial charge in [-0.2, -0.15) is 0 Å². The zero-order chi connectivity index (χ0) is 16.3. The Kier molecular flexibility index (Phi) is 10.2. The van der Waals surface area contributed by atoms with Crippen molar-refractivity contribution in [1.82, 2.24) is 0 Å². The van der Waals surface area contributed by atoms with Crippen molar-refractivity contribution >= 4 is 19.8 Å². The molecule has 0 amide bonds. The molecule has 21 heavy (non-hydrogen) atoms. The number of ether oxygens (including phenoxy) is 2. The fourth-order valence-corrected chi connectivity index (χ4v) is 1.81. The number of phosphoric ester groups is 1. The second-order valence-electron chi connectivity index (χ2n) is 4.51. The van der Waals surface area contributed by atoms with Gasteiger partial charge in [0, 0.05) is 13.3 Å². The highest BCUT2D eigenvalue weighted by Crippen LogP contribution is 2.35. The van der Waals surface area contributed by atoms with Crippen LogP contribution in [0.5, 0.6) is 0 Å². The van der Waals surface area contributed by atoms with Gasteiger partial charge in [0.05, 0.1) is 6.61 Å². The molecule has 0 saturated carbocycles. The molecule has 0 aliphatic carbocycles. The first-order valence-electron chi connectivity index (χ1n) is 6.77. The van der Waals surface area contributed by atoms with Crippen LogP contribution in [-0.4, -0.2) is 41.0 Å². The van der Waals surface area contributed by atoms with Crippen LogP contribution in [0, 0.1) is 0 Å². The normalized spacial score (nSPS) is 12.8. The van der Waals surface area contributed by atoms with Crippen LogP contribution >= 0.6 is 7.82 Å². The zero-order valence-electron chi connectivity index (χ0n) is 12.3. The lowest BCUT2D eigenvalue weighted by molar-refractivity contribution is -0.160. The fraction of sp³-hybridized carbons (Fsp3) is 0.833. The van der Waals surface area contributed by atoms with Gasteiger partial charge in [0.2, 0.25) is 0 Å². The number of carbonyl (C=O) groups excluding carboxylic acids is 2. The maximum atomic E-state index is 11.6. The van der Waals surface area contributed by atoms with Crippen LogP contribution < -0.4 is 0 Å². The van der Waals surface area contributed by atoms with E-state index in [2.05, 4.69) is 9.26 Å². The molecule has 0 bridgehead atoms. The van der Waals surface area contributed by atoms with E-state index in [0.717, 1.165) is 19.3 Å². The van der Waals surface area contributed by atoms with Crippen LogP contribution in [-0.2, 0) is 28.2 Å². The fourth-order valence-electron chi connectivity index (χ4n) is 1.45. The molecule has 0 aromatic carbocycles. The molecule has 0 fully saturated rings. The Hall–Kier alpha value is -0.950. The number of hydrogen-bond acceptors (Lipinski definition) is 6. The molecular weight excluding hydrogens is 303 g/mol. The summed E-state index contributed by atoms with van der Waals surface area (Å²) in [4.78, 5) is 39.5. The van der Waals surface area contributed by atoms with Gasteiger partial charge in [0.15, 0.2) is 6.10 Å². The molecular formula is C12H23O8P. The summed E-state index contributed by atoms with van der Waals surface area (Å²) in [7, 11) is -4.67. The zero-order valence-corrected chi connectivity index (χ0v) is 13.2. The molecule has 8 nitrogen and oxygen atoms in total. The third kappa shape index (κ3) is 13.8. The minimum absolute atomic E-state index is 0.201. The molecule has 124 valence electrons. The summed E-state index contributed by atoms with van der Waals surface area (Å²) >= 11 is 0. The average molecular weight is 326 g/mol. The second-order valence-corrected chi connectivity index (χ2v) is 5.75. The van der Waals surface area contributed by atoms with E-state index >= 15 is 0 Å². The van der Waals surface area contributed by atoms with E-state index in [9.17, 15) is 14.2 Å². The number of rotatable bonds is 11. The van der Waals surface area contributed by atoms with Crippen molar-refractivity contribution in [3.63, 3.8) is 0 Å². The molecule has 0 saturated heterocycles. The lowest BCUT2D eigenvalue weighted by Crippen LogP contribution is -2.29.